The van der Waals surface area contributed by atoms with Gasteiger partial charge in [-0.05, 0) is 19.4 Å². The van der Waals surface area contributed by atoms with Crippen molar-refractivity contribution in [3.8, 4) is 0 Å². The minimum atomic E-state index is -0.906. The van der Waals surface area contributed by atoms with Gasteiger partial charge in [0.25, 0.3) is 0 Å². The fourth-order valence-electron chi connectivity index (χ4n) is 3.71. The number of carbonyl (C=O) groups is 2. The van der Waals surface area contributed by atoms with Gasteiger partial charge in [-0.25, -0.2) is 0 Å². The summed E-state index contributed by atoms with van der Waals surface area (Å²) in [7, 11) is 0. The molecule has 0 aliphatic carbocycles. The van der Waals surface area contributed by atoms with Gasteiger partial charge in [0.2, 0.25) is 11.8 Å². The van der Waals surface area contributed by atoms with Crippen LogP contribution in [0.1, 0.15) is 18.2 Å². The molecule has 26 heavy (non-hydrogen) atoms. The normalized spacial score (nSPS) is 26.9. The first kappa shape index (κ1) is 17.7. The van der Waals surface area contributed by atoms with Crippen LogP contribution in [-0.2, 0) is 16.1 Å². The number of thiophene rings is 1. The number of amides is 2. The molecular weight excluding hydrogens is 374 g/mol. The average Bonchev–Trinajstić information content (AvgIpc) is 3.19. The Morgan fingerprint density at radius 1 is 1.42 bits per heavy atom. The number of fused-ring (bicyclic) bond motifs is 2. The second-order valence-corrected chi connectivity index (χ2v) is 8.40. The summed E-state index contributed by atoms with van der Waals surface area (Å²) in [4.78, 5) is 27.4. The van der Waals surface area contributed by atoms with Gasteiger partial charge in [0.1, 0.15) is 12.1 Å². The molecule has 2 saturated heterocycles. The molecule has 1 aromatic heterocycles. The summed E-state index contributed by atoms with van der Waals surface area (Å²) in [5.41, 5.74) is 0. The highest BCUT2D eigenvalue weighted by atomic mass is 35.5. The van der Waals surface area contributed by atoms with Gasteiger partial charge in [-0.2, -0.15) is 0 Å². The summed E-state index contributed by atoms with van der Waals surface area (Å²) in [5, 5.41) is 17.6. The van der Waals surface area contributed by atoms with Crippen molar-refractivity contribution >= 4 is 44.8 Å². The largest absolute Gasteiger partial charge is 0.391 e. The van der Waals surface area contributed by atoms with Gasteiger partial charge in [0.05, 0.1) is 11.1 Å². The maximum absolute atomic E-state index is 12.5. The number of halogens is 1. The number of aliphatic hydroxyl groups excluding tert-OH is 1. The number of hydrogen-bond donors (Lipinski definition) is 3. The Hall–Kier alpha value is -1.67. The highest BCUT2D eigenvalue weighted by Gasteiger charge is 2.47. The average molecular weight is 394 g/mol. The standard InChI is InChI=1S/C18H20ClN3O3S/c1-9(23)16-18(25)22-8-10(6-12(22)17(24)21-16)20-7-14-15(19)11-4-2-3-5-13(11)26-14/h2-5,9-10,12,16,20,23H,6-8H2,1H3,(H,21,24)/t9-,10+,12+,16+/m1/s1. The van der Waals surface area contributed by atoms with Crippen LogP contribution in [0.15, 0.2) is 24.3 Å². The highest BCUT2D eigenvalue weighted by Crippen LogP contribution is 2.35. The van der Waals surface area contributed by atoms with Crippen molar-refractivity contribution in [3.63, 3.8) is 0 Å². The van der Waals surface area contributed by atoms with Crippen molar-refractivity contribution in [2.75, 3.05) is 6.54 Å². The molecule has 6 nitrogen and oxygen atoms in total. The Morgan fingerprint density at radius 2 is 2.19 bits per heavy atom. The molecule has 4 atom stereocenters. The molecule has 3 N–H and O–H groups in total. The number of nitrogens with zero attached hydrogens (tertiary/aromatic N) is 1. The van der Waals surface area contributed by atoms with Crippen molar-refractivity contribution < 1.29 is 14.7 Å². The number of nitrogens with one attached hydrogen (secondary N) is 2. The van der Waals surface area contributed by atoms with Crippen LogP contribution in [-0.4, -0.2) is 52.6 Å². The molecule has 0 bridgehead atoms. The molecule has 8 heteroatoms. The molecule has 3 heterocycles. The Balaban J connectivity index is 1.45. The van der Waals surface area contributed by atoms with E-state index in [4.69, 9.17) is 11.6 Å². The SMILES string of the molecule is C[C@@H](O)[C@@H]1NC(=O)[C@@H]2C[C@H](NCc3sc4ccccc4c3Cl)CN2C1=O. The summed E-state index contributed by atoms with van der Waals surface area (Å²) >= 11 is 8.13. The van der Waals surface area contributed by atoms with Crippen molar-refractivity contribution in [3.05, 3.63) is 34.2 Å². The molecular formula is C18H20ClN3O3S. The summed E-state index contributed by atoms with van der Waals surface area (Å²) < 4.78 is 1.15. The van der Waals surface area contributed by atoms with Crippen LogP contribution >= 0.6 is 22.9 Å². The lowest BCUT2D eigenvalue weighted by molar-refractivity contribution is -0.149. The van der Waals surface area contributed by atoms with E-state index in [1.165, 1.54) is 6.92 Å². The zero-order chi connectivity index (χ0) is 18.4. The van der Waals surface area contributed by atoms with Gasteiger partial charge in [-0.3, -0.25) is 9.59 Å². The van der Waals surface area contributed by atoms with Crippen LogP contribution in [0.4, 0.5) is 0 Å². The van der Waals surface area contributed by atoms with Crippen LogP contribution < -0.4 is 10.6 Å². The molecule has 2 aromatic rings. The Labute approximate surface area is 160 Å². The first-order chi connectivity index (χ1) is 12.5. The molecule has 0 saturated carbocycles. The van der Waals surface area contributed by atoms with E-state index in [9.17, 15) is 14.7 Å². The number of hydrogen-bond acceptors (Lipinski definition) is 5. The lowest BCUT2D eigenvalue weighted by atomic mass is 10.0. The molecule has 2 aliphatic heterocycles. The van der Waals surface area contributed by atoms with Gasteiger partial charge in [0, 0.05) is 34.1 Å². The number of aliphatic hydroxyl groups is 1. The van der Waals surface area contributed by atoms with Crippen molar-refractivity contribution in [1.29, 1.82) is 0 Å². The maximum atomic E-state index is 12.5. The molecule has 2 fully saturated rings. The van der Waals surface area contributed by atoms with E-state index in [-0.39, 0.29) is 17.9 Å². The fourth-order valence-corrected chi connectivity index (χ4v) is 5.16. The van der Waals surface area contributed by atoms with Crippen LogP contribution in [0.25, 0.3) is 10.1 Å². The molecule has 2 aliphatic rings. The van der Waals surface area contributed by atoms with E-state index in [2.05, 4.69) is 10.6 Å². The molecule has 4 rings (SSSR count). The predicted molar refractivity (Wildman–Crippen MR) is 101 cm³/mol. The number of carbonyl (C=O) groups excluding carboxylic acids is 2. The minimum Gasteiger partial charge on any atom is -0.391 e. The lowest BCUT2D eigenvalue weighted by Gasteiger charge is -2.35. The highest BCUT2D eigenvalue weighted by molar-refractivity contribution is 7.19. The van der Waals surface area contributed by atoms with Gasteiger partial charge in [-0.15, -0.1) is 11.3 Å². The van der Waals surface area contributed by atoms with E-state index >= 15 is 0 Å². The van der Waals surface area contributed by atoms with Crippen molar-refractivity contribution in [2.45, 2.75) is 44.1 Å². The van der Waals surface area contributed by atoms with Gasteiger partial charge in [0.15, 0.2) is 0 Å². The summed E-state index contributed by atoms with van der Waals surface area (Å²) in [6, 6.07) is 6.71. The Morgan fingerprint density at radius 3 is 2.92 bits per heavy atom. The Kier molecular flexibility index (Phi) is 4.64. The number of benzene rings is 1. The Bertz CT molecular complexity index is 868. The van der Waals surface area contributed by atoms with E-state index < -0.39 is 18.2 Å². The fraction of sp³-hybridized carbons (Fsp3) is 0.444. The van der Waals surface area contributed by atoms with Crippen LogP contribution in [0.2, 0.25) is 5.02 Å². The third-order valence-corrected chi connectivity index (χ3v) is 6.80. The van der Waals surface area contributed by atoms with E-state index in [1.807, 2.05) is 24.3 Å². The molecule has 1 aromatic carbocycles. The van der Waals surface area contributed by atoms with Gasteiger partial charge < -0.3 is 20.6 Å². The second-order valence-electron chi connectivity index (χ2n) is 6.88. The predicted octanol–water partition coefficient (Wildman–Crippen LogP) is 1.49. The third kappa shape index (κ3) is 2.99. The van der Waals surface area contributed by atoms with E-state index in [0.717, 1.165) is 20.0 Å². The first-order valence-corrected chi connectivity index (χ1v) is 9.83. The molecule has 0 radical (unpaired) electrons. The van der Waals surface area contributed by atoms with E-state index in [1.54, 1.807) is 16.2 Å². The van der Waals surface area contributed by atoms with Crippen LogP contribution in [0.5, 0.6) is 0 Å². The summed E-state index contributed by atoms with van der Waals surface area (Å²) in [5.74, 6) is -0.409. The third-order valence-electron chi connectivity index (χ3n) is 5.09. The number of rotatable bonds is 4. The van der Waals surface area contributed by atoms with Crippen molar-refractivity contribution in [2.24, 2.45) is 0 Å². The van der Waals surface area contributed by atoms with Gasteiger partial charge in [-0.1, -0.05) is 29.8 Å². The molecule has 138 valence electrons. The van der Waals surface area contributed by atoms with E-state index in [0.29, 0.717) is 19.5 Å². The van der Waals surface area contributed by atoms with Crippen LogP contribution in [0, 0.1) is 0 Å². The quantitative estimate of drug-likeness (QED) is 0.735. The maximum Gasteiger partial charge on any atom is 0.248 e. The van der Waals surface area contributed by atoms with Crippen LogP contribution in [0.3, 0.4) is 0 Å². The molecule has 0 unspecified atom stereocenters. The lowest BCUT2D eigenvalue weighted by Crippen LogP contribution is -2.64. The number of piperazine rings is 1. The van der Waals surface area contributed by atoms with Crippen molar-refractivity contribution in [1.82, 2.24) is 15.5 Å². The summed E-state index contributed by atoms with van der Waals surface area (Å²) in [6.45, 7) is 2.57. The minimum absolute atomic E-state index is 0.0173. The molecule has 0 spiro atoms. The topological polar surface area (TPSA) is 81.7 Å². The molecule has 2 amide bonds. The van der Waals surface area contributed by atoms with Gasteiger partial charge >= 0.3 is 0 Å². The zero-order valence-corrected chi connectivity index (χ0v) is 15.8. The second kappa shape index (κ2) is 6.81. The monoisotopic (exact) mass is 393 g/mol. The smallest absolute Gasteiger partial charge is 0.248 e. The zero-order valence-electron chi connectivity index (χ0n) is 14.2. The summed E-state index contributed by atoms with van der Waals surface area (Å²) in [6.07, 6.45) is -0.344. The first-order valence-electron chi connectivity index (χ1n) is 8.64.